The number of hydrogen-bond donors (Lipinski definition) is 1. The Kier molecular flexibility index (Phi) is 6.89. The summed E-state index contributed by atoms with van der Waals surface area (Å²) in [5.41, 5.74) is 9.39. The number of nitrogens with zero attached hydrogens (tertiary/aromatic N) is 3. The first kappa shape index (κ1) is 21.9. The van der Waals surface area contributed by atoms with Gasteiger partial charge in [0.1, 0.15) is 18.0 Å². The van der Waals surface area contributed by atoms with Crippen molar-refractivity contribution in [1.82, 2.24) is 0 Å². The van der Waals surface area contributed by atoms with E-state index in [9.17, 15) is 14.4 Å². The van der Waals surface area contributed by atoms with Crippen molar-refractivity contribution in [3.8, 4) is 11.5 Å². The summed E-state index contributed by atoms with van der Waals surface area (Å²) >= 11 is 0. The van der Waals surface area contributed by atoms with Crippen molar-refractivity contribution >= 4 is 23.2 Å². The second-order valence-electron chi connectivity index (χ2n) is 6.87. The van der Waals surface area contributed by atoms with E-state index in [4.69, 9.17) is 15.0 Å². The Balaban J connectivity index is 2.10. The molecular weight excluding hydrogens is 400 g/mol. The van der Waals surface area contributed by atoms with Gasteiger partial charge in [0, 0.05) is 27.8 Å². The van der Waals surface area contributed by atoms with Gasteiger partial charge in [0.25, 0.3) is 0 Å². The Morgan fingerprint density at radius 1 is 1.00 bits per heavy atom. The molecule has 1 N–H and O–H groups in total. The van der Waals surface area contributed by atoms with Crippen LogP contribution < -0.4 is 14.8 Å². The molecule has 1 aliphatic carbocycles. The molecule has 0 fully saturated rings. The molecule has 0 radical (unpaired) electrons. The third kappa shape index (κ3) is 4.51. The van der Waals surface area contributed by atoms with E-state index in [1.807, 2.05) is 13.8 Å². The Hall–Kier alpha value is -3.84. The molecule has 0 saturated heterocycles. The van der Waals surface area contributed by atoms with Crippen LogP contribution in [0.15, 0.2) is 35.4 Å². The number of carbonyl (C=O) groups excluding carboxylic acids is 3. The van der Waals surface area contributed by atoms with Crippen LogP contribution in [0, 0.1) is 0 Å². The van der Waals surface area contributed by atoms with Crippen molar-refractivity contribution in [3.63, 3.8) is 0 Å². The van der Waals surface area contributed by atoms with Gasteiger partial charge in [-0.1, -0.05) is 31.1 Å². The fourth-order valence-electron chi connectivity index (χ4n) is 3.28. The van der Waals surface area contributed by atoms with E-state index in [0.717, 1.165) is 6.42 Å². The third-order valence-corrected chi connectivity index (χ3v) is 4.56. The Morgan fingerprint density at radius 3 is 2.35 bits per heavy atom. The molecule has 9 nitrogen and oxygen atoms in total. The van der Waals surface area contributed by atoms with E-state index in [2.05, 4.69) is 15.3 Å². The number of anilines is 1. The van der Waals surface area contributed by atoms with Crippen LogP contribution in [0.2, 0.25) is 0 Å². The second kappa shape index (κ2) is 9.77. The van der Waals surface area contributed by atoms with Crippen LogP contribution in [0.4, 0.5) is 5.69 Å². The van der Waals surface area contributed by atoms with Gasteiger partial charge in [0.05, 0.1) is 24.3 Å². The minimum absolute atomic E-state index is 0.137. The molecule has 3 rings (SSSR count). The highest BCUT2D eigenvalue weighted by Gasteiger charge is 2.35. The fraction of sp³-hybridized carbons (Fsp3) is 0.318. The number of ether oxygens (including phenoxy) is 2. The van der Waals surface area contributed by atoms with Gasteiger partial charge < -0.3 is 14.8 Å². The van der Waals surface area contributed by atoms with Crippen molar-refractivity contribution in [2.45, 2.75) is 26.7 Å². The highest BCUT2D eigenvalue weighted by molar-refractivity contribution is 6.30. The fourth-order valence-corrected chi connectivity index (χ4v) is 3.28. The molecule has 1 amide bonds. The van der Waals surface area contributed by atoms with Gasteiger partial charge in [0.2, 0.25) is 11.7 Å². The summed E-state index contributed by atoms with van der Waals surface area (Å²) in [6, 6.07) is 7.84. The molecule has 0 saturated carbocycles. The average molecular weight is 422 g/mol. The molecule has 160 valence electrons. The van der Waals surface area contributed by atoms with Crippen LogP contribution >= 0.6 is 0 Å². The predicted octanol–water partition coefficient (Wildman–Crippen LogP) is 4.29. The molecule has 0 aromatic heterocycles. The summed E-state index contributed by atoms with van der Waals surface area (Å²) in [5, 5.41) is 5.79. The van der Waals surface area contributed by atoms with Gasteiger partial charge in [-0.15, -0.1) is 0 Å². The quantitative estimate of drug-likeness (QED) is 0.312. The van der Waals surface area contributed by atoms with Crippen molar-refractivity contribution in [2.75, 3.05) is 25.1 Å². The third-order valence-electron chi connectivity index (χ3n) is 4.56. The minimum Gasteiger partial charge on any atom is -0.493 e. The van der Waals surface area contributed by atoms with Crippen LogP contribution in [-0.4, -0.2) is 37.2 Å². The maximum absolute atomic E-state index is 13.4. The lowest BCUT2D eigenvalue weighted by Crippen LogP contribution is -2.24. The maximum Gasteiger partial charge on any atom is 0.230 e. The topological polar surface area (TPSA) is 130 Å². The highest BCUT2D eigenvalue weighted by Crippen LogP contribution is 2.39. The average Bonchev–Trinajstić information content (AvgIpc) is 2.77. The highest BCUT2D eigenvalue weighted by atomic mass is 16.5. The number of azide groups is 1. The zero-order valence-electron chi connectivity index (χ0n) is 17.3. The molecule has 0 unspecified atom stereocenters. The van der Waals surface area contributed by atoms with Crippen LogP contribution in [0.5, 0.6) is 11.5 Å². The van der Waals surface area contributed by atoms with E-state index < -0.39 is 12.5 Å². The number of rotatable bonds is 9. The first-order valence-electron chi connectivity index (χ1n) is 9.98. The van der Waals surface area contributed by atoms with Crippen molar-refractivity contribution in [2.24, 2.45) is 5.11 Å². The van der Waals surface area contributed by atoms with E-state index in [0.29, 0.717) is 25.4 Å². The molecule has 31 heavy (non-hydrogen) atoms. The summed E-state index contributed by atoms with van der Waals surface area (Å²) in [6.45, 7) is 4.21. The smallest absolute Gasteiger partial charge is 0.230 e. The monoisotopic (exact) mass is 422 g/mol. The number of fused-ring (bicyclic) bond motifs is 2. The van der Waals surface area contributed by atoms with Gasteiger partial charge in [-0.3, -0.25) is 14.4 Å². The van der Waals surface area contributed by atoms with Gasteiger partial charge in [-0.25, -0.2) is 0 Å². The largest absolute Gasteiger partial charge is 0.493 e. The molecule has 2 aromatic carbocycles. The van der Waals surface area contributed by atoms with Crippen molar-refractivity contribution < 1.29 is 23.9 Å². The molecule has 9 heteroatoms. The van der Waals surface area contributed by atoms with E-state index in [1.54, 1.807) is 18.2 Å². The normalized spacial score (nSPS) is 11.8. The standard InChI is InChI=1S/C22H22N4O5/c1-3-8-30-16-7-5-6-14-19(16)22(29)20-15(21(14)28)10-13(11-17(20)31-9-4-2)25-18(27)12-24-26-23/h5-7,10-11H,3-4,8-9,12H2,1-2H3,(H,25,27). The summed E-state index contributed by atoms with van der Waals surface area (Å²) in [7, 11) is 0. The molecule has 0 heterocycles. The minimum atomic E-state index is -0.551. The molecule has 0 aliphatic heterocycles. The Labute approximate surface area is 179 Å². The summed E-state index contributed by atoms with van der Waals surface area (Å²) in [4.78, 5) is 41.2. The number of benzene rings is 2. The van der Waals surface area contributed by atoms with Gasteiger partial charge in [-0.05, 0) is 30.5 Å². The SMILES string of the molecule is CCCOc1cccc2c1C(=O)c1c(OCCC)cc(NC(=O)CN=[N+]=[N-])cc1C2=O. The molecule has 0 atom stereocenters. The first-order chi connectivity index (χ1) is 15.0. The van der Waals surface area contributed by atoms with Crippen LogP contribution in [0.25, 0.3) is 10.4 Å². The van der Waals surface area contributed by atoms with E-state index >= 15 is 0 Å². The maximum atomic E-state index is 13.4. The molecule has 1 aliphatic rings. The number of carbonyl (C=O) groups is 3. The number of ketones is 2. The predicted molar refractivity (Wildman–Crippen MR) is 114 cm³/mol. The van der Waals surface area contributed by atoms with Crippen LogP contribution in [0.3, 0.4) is 0 Å². The van der Waals surface area contributed by atoms with E-state index in [1.165, 1.54) is 12.1 Å². The molecule has 0 bridgehead atoms. The molecule has 0 spiro atoms. The van der Waals surface area contributed by atoms with Crippen LogP contribution in [0.1, 0.15) is 58.5 Å². The van der Waals surface area contributed by atoms with E-state index in [-0.39, 0.29) is 45.3 Å². The second-order valence-corrected chi connectivity index (χ2v) is 6.87. The Morgan fingerprint density at radius 2 is 1.68 bits per heavy atom. The number of hydrogen-bond acceptors (Lipinski definition) is 6. The lowest BCUT2D eigenvalue weighted by Gasteiger charge is -2.23. The molecular formula is C22H22N4O5. The lowest BCUT2D eigenvalue weighted by atomic mass is 9.82. The number of nitrogens with one attached hydrogen (secondary N) is 1. The first-order valence-corrected chi connectivity index (χ1v) is 9.98. The zero-order valence-corrected chi connectivity index (χ0v) is 17.3. The van der Waals surface area contributed by atoms with Gasteiger partial charge >= 0.3 is 0 Å². The van der Waals surface area contributed by atoms with Gasteiger partial charge in [-0.2, -0.15) is 0 Å². The lowest BCUT2D eigenvalue weighted by molar-refractivity contribution is -0.114. The van der Waals surface area contributed by atoms with Crippen molar-refractivity contribution in [3.05, 3.63) is 63.0 Å². The van der Waals surface area contributed by atoms with Gasteiger partial charge in [0.15, 0.2) is 5.78 Å². The summed E-state index contributed by atoms with van der Waals surface area (Å²) < 4.78 is 11.5. The number of amides is 1. The molecule has 2 aromatic rings. The zero-order chi connectivity index (χ0) is 22.4. The Bertz CT molecular complexity index is 1090. The summed E-state index contributed by atoms with van der Waals surface area (Å²) in [6.07, 6.45) is 1.44. The van der Waals surface area contributed by atoms with Crippen LogP contribution in [-0.2, 0) is 4.79 Å². The van der Waals surface area contributed by atoms with Crippen molar-refractivity contribution in [1.29, 1.82) is 0 Å². The summed E-state index contributed by atoms with van der Waals surface area (Å²) in [5.74, 6) is -0.720.